The van der Waals surface area contributed by atoms with Gasteiger partial charge < -0.3 is 9.15 Å². The average molecular weight is 356 g/mol. The van der Waals surface area contributed by atoms with Crippen molar-refractivity contribution in [2.45, 2.75) is 45.1 Å². The maximum Gasteiger partial charge on any atom is 0.305 e. The molecule has 6 heteroatoms. The molecule has 138 valence electrons. The topological polar surface area (TPSA) is 80.6 Å². The summed E-state index contributed by atoms with van der Waals surface area (Å²) in [4.78, 5) is 24.0. The molecule has 6 nitrogen and oxygen atoms in total. The van der Waals surface area contributed by atoms with Gasteiger partial charge in [-0.25, -0.2) is 0 Å². The zero-order valence-corrected chi connectivity index (χ0v) is 14.7. The molecule has 1 aromatic heterocycles. The lowest BCUT2D eigenvalue weighted by Crippen LogP contribution is -2.42. The molecular formula is C20H24N2O4. The van der Waals surface area contributed by atoms with Crippen LogP contribution in [0.4, 0.5) is 0 Å². The van der Waals surface area contributed by atoms with E-state index in [0.717, 1.165) is 18.6 Å². The molecule has 0 saturated heterocycles. The van der Waals surface area contributed by atoms with Crippen molar-refractivity contribution in [3.63, 3.8) is 0 Å². The van der Waals surface area contributed by atoms with Crippen molar-refractivity contribution < 1.29 is 18.7 Å². The lowest BCUT2D eigenvalue weighted by Gasteiger charge is -2.20. The third kappa shape index (κ3) is 5.37. The van der Waals surface area contributed by atoms with Gasteiger partial charge in [0.25, 0.3) is 0 Å². The number of rotatable bonds is 6. The van der Waals surface area contributed by atoms with E-state index in [1.807, 2.05) is 30.3 Å². The highest BCUT2D eigenvalue weighted by Crippen LogP contribution is 2.25. The van der Waals surface area contributed by atoms with Gasteiger partial charge in [-0.05, 0) is 43.0 Å². The summed E-state index contributed by atoms with van der Waals surface area (Å²) in [5.74, 6) is 1.18. The number of hydrazine groups is 1. The van der Waals surface area contributed by atoms with E-state index in [4.69, 9.17) is 9.15 Å². The predicted molar refractivity (Wildman–Crippen MR) is 96.3 cm³/mol. The normalized spacial score (nSPS) is 14.6. The molecule has 0 radical (unpaired) electrons. The first-order valence-electron chi connectivity index (χ1n) is 9.06. The van der Waals surface area contributed by atoms with Crippen LogP contribution in [0.1, 0.15) is 54.8 Å². The highest BCUT2D eigenvalue weighted by atomic mass is 16.5. The van der Waals surface area contributed by atoms with Crippen LogP contribution in [0.25, 0.3) is 0 Å². The van der Waals surface area contributed by atoms with Crippen LogP contribution in [0.15, 0.2) is 46.9 Å². The van der Waals surface area contributed by atoms with E-state index in [1.165, 1.54) is 19.3 Å². The van der Waals surface area contributed by atoms with Crippen LogP contribution >= 0.6 is 0 Å². The monoisotopic (exact) mass is 356 g/mol. The molecular weight excluding hydrogens is 332 g/mol. The summed E-state index contributed by atoms with van der Waals surface area (Å²) in [6, 6.07) is 12.6. The van der Waals surface area contributed by atoms with Gasteiger partial charge in [0, 0.05) is 6.42 Å². The van der Waals surface area contributed by atoms with Crippen molar-refractivity contribution in [1.82, 2.24) is 10.9 Å². The largest absolute Gasteiger partial charge is 0.486 e. The van der Waals surface area contributed by atoms with Crippen LogP contribution in [0.5, 0.6) is 5.75 Å². The summed E-state index contributed by atoms with van der Waals surface area (Å²) in [5.41, 5.74) is 4.87. The van der Waals surface area contributed by atoms with Gasteiger partial charge in [0.05, 0.1) is 0 Å². The van der Waals surface area contributed by atoms with E-state index in [-0.39, 0.29) is 18.3 Å². The van der Waals surface area contributed by atoms with E-state index < -0.39 is 5.91 Å². The molecule has 1 aliphatic carbocycles. The first-order chi connectivity index (χ1) is 12.7. The Balaban J connectivity index is 1.41. The van der Waals surface area contributed by atoms with E-state index in [9.17, 15) is 9.59 Å². The molecule has 2 amide bonds. The Morgan fingerprint density at radius 2 is 1.77 bits per heavy atom. The third-order valence-corrected chi connectivity index (χ3v) is 4.52. The summed E-state index contributed by atoms with van der Waals surface area (Å²) >= 11 is 0. The highest BCUT2D eigenvalue weighted by Gasteiger charge is 2.18. The van der Waals surface area contributed by atoms with Gasteiger partial charge in [-0.15, -0.1) is 0 Å². The molecule has 1 aromatic carbocycles. The minimum atomic E-state index is -0.479. The van der Waals surface area contributed by atoms with Crippen molar-refractivity contribution in [3.8, 4) is 5.75 Å². The molecule has 0 unspecified atom stereocenters. The Bertz CT molecular complexity index is 720. The van der Waals surface area contributed by atoms with E-state index >= 15 is 0 Å². The number of amides is 2. The van der Waals surface area contributed by atoms with Crippen LogP contribution in [0.3, 0.4) is 0 Å². The minimum absolute atomic E-state index is 0.134. The second kappa shape index (κ2) is 9.08. The van der Waals surface area contributed by atoms with E-state index in [0.29, 0.717) is 18.1 Å². The van der Waals surface area contributed by atoms with Crippen molar-refractivity contribution in [2.75, 3.05) is 0 Å². The summed E-state index contributed by atoms with van der Waals surface area (Å²) in [6.45, 7) is 0.228. The number of nitrogens with one attached hydrogen (secondary N) is 2. The molecule has 0 spiro atoms. The number of carbonyl (C=O) groups is 2. The molecule has 1 fully saturated rings. The Kier molecular flexibility index (Phi) is 6.30. The van der Waals surface area contributed by atoms with Crippen LogP contribution in [-0.2, 0) is 11.4 Å². The third-order valence-electron chi connectivity index (χ3n) is 4.52. The Morgan fingerprint density at radius 1 is 1.00 bits per heavy atom. The van der Waals surface area contributed by atoms with Crippen molar-refractivity contribution >= 4 is 11.8 Å². The second-order valence-corrected chi connectivity index (χ2v) is 6.58. The van der Waals surface area contributed by atoms with Gasteiger partial charge in [-0.1, -0.05) is 37.5 Å². The first kappa shape index (κ1) is 18.0. The van der Waals surface area contributed by atoms with Crippen LogP contribution in [-0.4, -0.2) is 11.8 Å². The molecule has 0 aliphatic heterocycles. The van der Waals surface area contributed by atoms with E-state index in [2.05, 4.69) is 10.9 Å². The number of benzene rings is 1. The summed E-state index contributed by atoms with van der Waals surface area (Å²) in [5, 5.41) is 0. The van der Waals surface area contributed by atoms with Crippen molar-refractivity contribution in [2.24, 2.45) is 5.92 Å². The molecule has 26 heavy (non-hydrogen) atoms. The zero-order chi connectivity index (χ0) is 18.2. The molecule has 2 N–H and O–H groups in total. The molecule has 3 rings (SSSR count). The highest BCUT2D eigenvalue weighted by molar-refractivity contribution is 5.92. The maximum absolute atomic E-state index is 12.1. The number of carbonyl (C=O) groups excluding carboxylic acids is 2. The number of para-hydroxylation sites is 1. The maximum atomic E-state index is 12.1. The van der Waals surface area contributed by atoms with Crippen LogP contribution in [0.2, 0.25) is 0 Å². The fourth-order valence-corrected chi connectivity index (χ4v) is 3.14. The number of furan rings is 1. The smallest absolute Gasteiger partial charge is 0.305 e. The fraction of sp³-hybridized carbons (Fsp3) is 0.400. The van der Waals surface area contributed by atoms with Gasteiger partial charge in [-0.2, -0.15) is 0 Å². The van der Waals surface area contributed by atoms with Gasteiger partial charge >= 0.3 is 5.91 Å². The molecule has 2 aromatic rings. The predicted octanol–water partition coefficient (Wildman–Crippen LogP) is 3.59. The number of ether oxygens (including phenoxy) is 1. The zero-order valence-electron chi connectivity index (χ0n) is 14.7. The molecule has 1 aliphatic rings. The molecule has 0 bridgehead atoms. The standard InChI is InChI=1S/C20H24N2O4/c23-19(13-15-7-3-1-4-8-15)21-22-20(24)18-12-11-17(26-18)14-25-16-9-5-2-6-10-16/h2,5-6,9-12,15H,1,3-4,7-8,13-14H2,(H,21,23)(H,22,24). The quantitative estimate of drug-likeness (QED) is 0.775. The number of hydrogen-bond donors (Lipinski definition) is 2. The first-order valence-corrected chi connectivity index (χ1v) is 9.06. The number of hydrogen-bond acceptors (Lipinski definition) is 4. The van der Waals surface area contributed by atoms with Gasteiger partial charge in [0.1, 0.15) is 18.1 Å². The Hall–Kier alpha value is -2.76. The Labute approximate surface area is 152 Å². The fourth-order valence-electron chi connectivity index (χ4n) is 3.14. The SMILES string of the molecule is O=C(CC1CCCCC1)NNC(=O)c1ccc(COc2ccccc2)o1. The lowest BCUT2D eigenvalue weighted by molar-refractivity contribution is -0.123. The van der Waals surface area contributed by atoms with Crippen molar-refractivity contribution in [1.29, 1.82) is 0 Å². The molecule has 1 heterocycles. The van der Waals surface area contributed by atoms with E-state index in [1.54, 1.807) is 12.1 Å². The van der Waals surface area contributed by atoms with Crippen LogP contribution < -0.4 is 15.6 Å². The van der Waals surface area contributed by atoms with Gasteiger partial charge in [-0.3, -0.25) is 20.4 Å². The summed E-state index contributed by atoms with van der Waals surface area (Å²) in [7, 11) is 0. The van der Waals surface area contributed by atoms with Gasteiger partial charge in [0.15, 0.2) is 5.76 Å². The van der Waals surface area contributed by atoms with Crippen molar-refractivity contribution in [3.05, 3.63) is 54.0 Å². The molecule has 1 saturated carbocycles. The molecule has 0 atom stereocenters. The Morgan fingerprint density at radius 3 is 2.54 bits per heavy atom. The lowest BCUT2D eigenvalue weighted by atomic mass is 9.87. The van der Waals surface area contributed by atoms with Crippen LogP contribution in [0, 0.1) is 5.92 Å². The average Bonchev–Trinajstić information content (AvgIpc) is 3.15. The summed E-state index contributed by atoms with van der Waals surface area (Å²) < 4.78 is 11.0. The summed E-state index contributed by atoms with van der Waals surface area (Å²) in [6.07, 6.45) is 6.25. The second-order valence-electron chi connectivity index (χ2n) is 6.58. The minimum Gasteiger partial charge on any atom is -0.486 e. The van der Waals surface area contributed by atoms with Gasteiger partial charge in [0.2, 0.25) is 5.91 Å².